The lowest BCUT2D eigenvalue weighted by molar-refractivity contribution is -0.139. The largest absolute Gasteiger partial charge is 0.487 e. The molecule has 0 aromatic heterocycles. The minimum absolute atomic E-state index is 0.117. The van der Waals surface area contributed by atoms with Crippen LogP contribution in [0.25, 0.3) is 0 Å². The van der Waals surface area contributed by atoms with E-state index < -0.39 is 17.8 Å². The fraction of sp³-hybridized carbons (Fsp3) is 0.600. The van der Waals surface area contributed by atoms with Crippen molar-refractivity contribution < 1.29 is 22.6 Å². The predicted molar refractivity (Wildman–Crippen MR) is 78.3 cm³/mol. The SMILES string of the molecule is CCOC[C@@H](Oc1cccc(Cl)c1C(F)(F)F)[C@H]1CCNC1. The van der Waals surface area contributed by atoms with Gasteiger partial charge in [0.05, 0.1) is 11.6 Å². The van der Waals surface area contributed by atoms with Crippen LogP contribution >= 0.6 is 11.6 Å². The van der Waals surface area contributed by atoms with E-state index in [0.717, 1.165) is 13.0 Å². The lowest BCUT2D eigenvalue weighted by atomic mass is 10.0. The Morgan fingerprint density at radius 2 is 2.18 bits per heavy atom. The summed E-state index contributed by atoms with van der Waals surface area (Å²) in [4.78, 5) is 0. The number of ether oxygens (including phenoxy) is 2. The lowest BCUT2D eigenvalue weighted by Crippen LogP contribution is -2.34. The van der Waals surface area contributed by atoms with Gasteiger partial charge in [-0.05, 0) is 32.0 Å². The quantitative estimate of drug-likeness (QED) is 0.857. The van der Waals surface area contributed by atoms with Gasteiger partial charge < -0.3 is 14.8 Å². The minimum atomic E-state index is -4.56. The Bertz CT molecular complexity index is 490. The van der Waals surface area contributed by atoms with Crippen LogP contribution < -0.4 is 10.1 Å². The summed E-state index contributed by atoms with van der Waals surface area (Å²) in [7, 11) is 0. The molecule has 22 heavy (non-hydrogen) atoms. The van der Waals surface area contributed by atoms with Crippen molar-refractivity contribution in [2.75, 3.05) is 26.3 Å². The van der Waals surface area contributed by atoms with Gasteiger partial charge in [-0.2, -0.15) is 13.2 Å². The second-order valence-corrected chi connectivity index (χ2v) is 5.59. The molecule has 1 saturated heterocycles. The van der Waals surface area contributed by atoms with E-state index in [9.17, 15) is 13.2 Å². The Morgan fingerprint density at radius 1 is 1.41 bits per heavy atom. The van der Waals surface area contributed by atoms with E-state index in [0.29, 0.717) is 13.2 Å². The molecule has 124 valence electrons. The molecule has 1 N–H and O–H groups in total. The number of rotatable bonds is 6. The molecule has 0 spiro atoms. The van der Waals surface area contributed by atoms with Gasteiger partial charge in [0.15, 0.2) is 0 Å². The van der Waals surface area contributed by atoms with Crippen molar-refractivity contribution in [3.05, 3.63) is 28.8 Å². The molecule has 1 aliphatic heterocycles. The number of alkyl halides is 3. The Morgan fingerprint density at radius 3 is 2.77 bits per heavy atom. The maximum absolute atomic E-state index is 13.2. The van der Waals surface area contributed by atoms with Crippen LogP contribution in [0.5, 0.6) is 5.75 Å². The molecule has 1 aliphatic rings. The van der Waals surface area contributed by atoms with Crippen LogP contribution in [0.2, 0.25) is 5.02 Å². The maximum Gasteiger partial charge on any atom is 0.421 e. The Hall–Kier alpha value is -0.980. The van der Waals surface area contributed by atoms with Gasteiger partial charge in [0.2, 0.25) is 0 Å². The van der Waals surface area contributed by atoms with Crippen molar-refractivity contribution in [1.29, 1.82) is 0 Å². The predicted octanol–water partition coefficient (Wildman–Crippen LogP) is 3.75. The first-order valence-corrected chi connectivity index (χ1v) is 7.62. The Labute approximate surface area is 132 Å². The van der Waals surface area contributed by atoms with Crippen LogP contribution in [-0.4, -0.2) is 32.4 Å². The zero-order valence-electron chi connectivity index (χ0n) is 12.3. The molecule has 1 heterocycles. The molecule has 3 nitrogen and oxygen atoms in total. The summed E-state index contributed by atoms with van der Waals surface area (Å²) >= 11 is 5.72. The van der Waals surface area contributed by atoms with Gasteiger partial charge in [0.25, 0.3) is 0 Å². The van der Waals surface area contributed by atoms with Gasteiger partial charge in [-0.15, -0.1) is 0 Å². The number of halogens is 4. The molecule has 1 aromatic carbocycles. The van der Waals surface area contributed by atoms with Crippen LogP contribution in [0.15, 0.2) is 18.2 Å². The van der Waals surface area contributed by atoms with Crippen LogP contribution in [0.4, 0.5) is 13.2 Å². The highest BCUT2D eigenvalue weighted by Crippen LogP contribution is 2.41. The van der Waals surface area contributed by atoms with Crippen LogP contribution in [0.3, 0.4) is 0 Å². The molecule has 0 aliphatic carbocycles. The van der Waals surface area contributed by atoms with Crippen molar-refractivity contribution in [1.82, 2.24) is 5.32 Å². The summed E-state index contributed by atoms with van der Waals surface area (Å²) in [5.41, 5.74) is -0.927. The molecule has 1 fully saturated rings. The third-order valence-electron chi connectivity index (χ3n) is 3.65. The zero-order valence-corrected chi connectivity index (χ0v) is 13.0. The number of hydrogen-bond acceptors (Lipinski definition) is 3. The highest BCUT2D eigenvalue weighted by Gasteiger charge is 2.38. The van der Waals surface area contributed by atoms with E-state index in [2.05, 4.69) is 5.32 Å². The number of benzene rings is 1. The van der Waals surface area contributed by atoms with Crippen LogP contribution in [-0.2, 0) is 10.9 Å². The third kappa shape index (κ3) is 4.27. The van der Waals surface area contributed by atoms with Crippen molar-refractivity contribution in [2.45, 2.75) is 25.6 Å². The summed E-state index contributed by atoms with van der Waals surface area (Å²) in [5.74, 6) is -0.122. The normalized spacial score (nSPS) is 20.1. The molecular formula is C15H19ClF3NO2. The topological polar surface area (TPSA) is 30.5 Å². The summed E-state index contributed by atoms with van der Waals surface area (Å²) in [6, 6.07) is 3.97. The summed E-state index contributed by atoms with van der Waals surface area (Å²) in [5, 5.41) is 2.83. The molecule has 0 unspecified atom stereocenters. The van der Waals surface area contributed by atoms with Gasteiger partial charge in [0.1, 0.15) is 17.4 Å². The summed E-state index contributed by atoms with van der Waals surface area (Å²) in [6.07, 6.45) is -4.15. The molecule has 1 aromatic rings. The van der Waals surface area contributed by atoms with Gasteiger partial charge >= 0.3 is 6.18 Å². The number of nitrogens with one attached hydrogen (secondary N) is 1. The molecule has 0 amide bonds. The highest BCUT2D eigenvalue weighted by molar-refractivity contribution is 6.31. The maximum atomic E-state index is 13.2. The van der Waals surface area contributed by atoms with Gasteiger partial charge in [-0.25, -0.2) is 0 Å². The van der Waals surface area contributed by atoms with E-state index in [-0.39, 0.29) is 23.3 Å². The van der Waals surface area contributed by atoms with Gasteiger partial charge in [-0.3, -0.25) is 0 Å². The molecule has 2 rings (SSSR count). The average molecular weight is 338 g/mol. The monoisotopic (exact) mass is 337 g/mol. The van der Waals surface area contributed by atoms with E-state index in [1.807, 2.05) is 6.92 Å². The smallest absolute Gasteiger partial charge is 0.421 e. The molecule has 0 radical (unpaired) electrons. The fourth-order valence-electron chi connectivity index (χ4n) is 2.54. The molecular weight excluding hydrogens is 319 g/mol. The van der Waals surface area contributed by atoms with E-state index in [1.54, 1.807) is 0 Å². The van der Waals surface area contributed by atoms with Gasteiger partial charge in [-0.1, -0.05) is 17.7 Å². The average Bonchev–Trinajstić information content (AvgIpc) is 2.96. The highest BCUT2D eigenvalue weighted by atomic mass is 35.5. The minimum Gasteiger partial charge on any atom is -0.487 e. The van der Waals surface area contributed by atoms with Crippen molar-refractivity contribution in [3.8, 4) is 5.75 Å². The van der Waals surface area contributed by atoms with Crippen molar-refractivity contribution in [3.63, 3.8) is 0 Å². The first-order chi connectivity index (χ1) is 10.4. The van der Waals surface area contributed by atoms with Crippen molar-refractivity contribution >= 4 is 11.6 Å². The van der Waals surface area contributed by atoms with Crippen LogP contribution in [0, 0.1) is 5.92 Å². The molecule has 0 saturated carbocycles. The summed E-state index contributed by atoms with van der Waals surface area (Å²) < 4.78 is 50.6. The number of hydrogen-bond donors (Lipinski definition) is 1. The molecule has 0 bridgehead atoms. The lowest BCUT2D eigenvalue weighted by Gasteiger charge is -2.26. The summed E-state index contributed by atoms with van der Waals surface area (Å²) in [6.45, 7) is 4.12. The molecule has 7 heteroatoms. The van der Waals surface area contributed by atoms with Crippen molar-refractivity contribution in [2.24, 2.45) is 5.92 Å². The first kappa shape index (κ1) is 17.4. The molecule has 2 atom stereocenters. The Balaban J connectivity index is 2.23. The van der Waals surface area contributed by atoms with E-state index >= 15 is 0 Å². The van der Waals surface area contributed by atoms with Crippen LogP contribution in [0.1, 0.15) is 18.9 Å². The van der Waals surface area contributed by atoms with E-state index in [1.165, 1.54) is 18.2 Å². The Kier molecular flexibility index (Phi) is 5.94. The third-order valence-corrected chi connectivity index (χ3v) is 3.96. The second-order valence-electron chi connectivity index (χ2n) is 5.18. The fourth-order valence-corrected chi connectivity index (χ4v) is 2.81. The van der Waals surface area contributed by atoms with E-state index in [4.69, 9.17) is 21.1 Å². The second kappa shape index (κ2) is 7.53. The van der Waals surface area contributed by atoms with Gasteiger partial charge in [0, 0.05) is 19.1 Å². The first-order valence-electron chi connectivity index (χ1n) is 7.24. The zero-order chi connectivity index (χ0) is 16.2. The standard InChI is InChI=1S/C15H19ClF3NO2/c1-2-21-9-13(10-6-7-20-8-10)22-12-5-3-4-11(16)14(12)15(17,18)19/h3-5,10,13,20H,2,6-9H2,1H3/t10-,13+/m0/s1.